The van der Waals surface area contributed by atoms with Crippen LogP contribution in [0.3, 0.4) is 0 Å². The van der Waals surface area contributed by atoms with Crippen molar-refractivity contribution in [3.63, 3.8) is 0 Å². The number of hydrogen-bond acceptors (Lipinski definition) is 28. The topological polar surface area (TPSA) is 456 Å². The predicted octanol–water partition coefficient (Wildman–Crippen LogP) is -3.69. The highest BCUT2D eigenvalue weighted by molar-refractivity contribution is 5.80. The molecule has 0 aromatic heterocycles. The summed E-state index contributed by atoms with van der Waals surface area (Å²) >= 11 is 0. The maximum Gasteiger partial charge on any atom is 0.317 e. The average Bonchev–Trinajstić information content (AvgIpc) is 0.674. The molecule has 33 atom stereocenters. The van der Waals surface area contributed by atoms with Gasteiger partial charge in [0.2, 0.25) is 6.29 Å². The van der Waals surface area contributed by atoms with E-state index in [1.165, 1.54) is 13.8 Å². The number of carboxylic acids is 1. The quantitative estimate of drug-likeness (QED) is 0.0480. The highest BCUT2D eigenvalue weighted by Gasteiger charge is 2.74. The van der Waals surface area contributed by atoms with Gasteiger partial charge in [-0.15, -0.1) is 0 Å². The second-order valence-electron chi connectivity index (χ2n) is 28.3. The van der Waals surface area contributed by atoms with E-state index in [2.05, 4.69) is 33.8 Å². The molecule has 4 saturated carbocycles. The molecule has 0 unspecified atom stereocenters. The average molecular weight is 1270 g/mol. The van der Waals surface area contributed by atoms with Gasteiger partial charge in [-0.05, 0) is 105 Å². The van der Waals surface area contributed by atoms with Crippen LogP contribution in [0.1, 0.15) is 107 Å². The van der Waals surface area contributed by atoms with Crippen LogP contribution < -0.4 is 0 Å². The number of hydrogen-bond donors (Lipinski definition) is 15. The fraction of sp³-hybridized carbons (Fsp3) is 0.915. The zero-order chi connectivity index (χ0) is 64.4. The smallest absolute Gasteiger partial charge is 0.317 e. The van der Waals surface area contributed by atoms with E-state index in [9.17, 15) is 86.2 Å². The first-order valence-corrected chi connectivity index (χ1v) is 30.7. The summed E-state index contributed by atoms with van der Waals surface area (Å²) in [4.78, 5) is 41.8. The monoisotopic (exact) mass is 1260 g/mol. The van der Waals surface area contributed by atoms with Crippen molar-refractivity contribution in [3.8, 4) is 0 Å². The molecule has 0 bridgehead atoms. The maximum atomic E-state index is 15.5. The van der Waals surface area contributed by atoms with Gasteiger partial charge in [0.1, 0.15) is 97.0 Å². The summed E-state index contributed by atoms with van der Waals surface area (Å²) in [6.07, 6.45) is -37.3. The number of carbonyl (C=O) groups is 3. The summed E-state index contributed by atoms with van der Waals surface area (Å²) in [6, 6.07) is 0. The summed E-state index contributed by atoms with van der Waals surface area (Å²) in [5, 5.41) is 166. The largest absolute Gasteiger partial charge is 0.481 e. The van der Waals surface area contributed by atoms with E-state index in [0.29, 0.717) is 25.7 Å². The molecule has 5 saturated heterocycles. The van der Waals surface area contributed by atoms with Gasteiger partial charge in [-0.2, -0.15) is 0 Å². The number of fused-ring (bicyclic) bond motifs is 7. The van der Waals surface area contributed by atoms with E-state index in [1.807, 2.05) is 6.92 Å². The number of esters is 2. The highest BCUT2D eigenvalue weighted by atomic mass is 16.8. The van der Waals surface area contributed by atoms with Crippen LogP contribution in [-0.4, -0.2) is 274 Å². The Hall–Kier alpha value is -2.77. The van der Waals surface area contributed by atoms with Crippen LogP contribution in [0.4, 0.5) is 0 Å². The Morgan fingerprint density at radius 2 is 1.12 bits per heavy atom. The van der Waals surface area contributed by atoms with Crippen molar-refractivity contribution in [2.45, 2.75) is 260 Å². The lowest BCUT2D eigenvalue weighted by molar-refractivity contribution is -0.371. The van der Waals surface area contributed by atoms with Crippen molar-refractivity contribution < 1.29 is 143 Å². The molecule has 9 fully saturated rings. The summed E-state index contributed by atoms with van der Waals surface area (Å²) in [7, 11) is 0. The van der Waals surface area contributed by atoms with E-state index in [4.69, 9.17) is 52.1 Å². The van der Waals surface area contributed by atoms with E-state index < -0.39 is 237 Å². The number of allylic oxidation sites excluding steroid dienone is 2. The number of aliphatic hydroxyl groups excluding tert-OH is 14. The first-order chi connectivity index (χ1) is 41.1. The second-order valence-corrected chi connectivity index (χ2v) is 28.3. The standard InChI is InChI=1S/C59H92O29/c1-22-42(82-23(2)61)44(85-48-39(72)35(68)28(64)20-79-48)41(74)50(81-22)86-45-36(69)29(65)21-80-51(45)88-53(77)59-14-13-54(3,4)15-25(59)24-9-10-31-55(5)16-26(62)46(58(8,52(75)76)32(55)11-12-56(31,6)57(24,7)17-33(59)66)87-49-40(73)37(70)43(30(18-60)83-49)84-47-38(71)34(67)27(63)19-78-47/h9,22,25-51,60,62-74H,10-21H2,1-8H3,(H,75,76)/t22-,25-,26-,27+,28-,29-,30+,31+,32+,33+,34-,35-,36-,37+,38+,39+,40+,41+,42-,43+,44-,45+,46-,47-,48-,49-,50-,51-,55+,56+,57+,58-,59+/m0/s1. The third-order valence-corrected chi connectivity index (χ3v) is 22.7. The van der Waals surface area contributed by atoms with E-state index in [0.717, 1.165) is 12.5 Å². The number of aliphatic carboxylic acids is 1. The van der Waals surface area contributed by atoms with Gasteiger partial charge in [0.15, 0.2) is 37.4 Å². The van der Waals surface area contributed by atoms with Crippen molar-refractivity contribution >= 4 is 17.9 Å². The van der Waals surface area contributed by atoms with Gasteiger partial charge in [-0.1, -0.05) is 46.3 Å². The number of ether oxygens (including phenoxy) is 11. The molecule has 15 N–H and O–H groups in total. The van der Waals surface area contributed by atoms with Crippen LogP contribution in [0.2, 0.25) is 0 Å². The second kappa shape index (κ2) is 24.9. The zero-order valence-corrected chi connectivity index (χ0v) is 50.7. The Kier molecular flexibility index (Phi) is 19.2. The Morgan fingerprint density at radius 3 is 1.72 bits per heavy atom. The molecule has 5 aliphatic heterocycles. The lowest BCUT2D eigenvalue weighted by Gasteiger charge is -2.71. The molecule has 29 heteroatoms. The lowest BCUT2D eigenvalue weighted by atomic mass is 9.33. The van der Waals surface area contributed by atoms with Gasteiger partial charge >= 0.3 is 17.9 Å². The number of aliphatic hydroxyl groups is 14. The Balaban J connectivity index is 0.897. The molecule has 0 spiro atoms. The van der Waals surface area contributed by atoms with E-state index in [1.54, 1.807) is 0 Å². The normalized spacial score (nSPS) is 53.6. The van der Waals surface area contributed by atoms with E-state index >= 15 is 4.79 Å². The van der Waals surface area contributed by atoms with E-state index in [-0.39, 0.29) is 37.0 Å². The molecule has 88 heavy (non-hydrogen) atoms. The summed E-state index contributed by atoms with van der Waals surface area (Å²) in [5.74, 6) is -4.75. The van der Waals surface area contributed by atoms with Crippen molar-refractivity contribution in [3.05, 3.63) is 11.6 Å². The van der Waals surface area contributed by atoms with Crippen molar-refractivity contribution in [2.75, 3.05) is 26.4 Å². The first kappa shape index (κ1) is 68.1. The lowest BCUT2D eigenvalue weighted by Crippen LogP contribution is -2.71. The van der Waals surface area contributed by atoms with Crippen molar-refractivity contribution in [1.82, 2.24) is 0 Å². The molecular formula is C59H92O29. The molecule has 5 heterocycles. The van der Waals surface area contributed by atoms with Crippen LogP contribution in [0.5, 0.6) is 0 Å². The summed E-state index contributed by atoms with van der Waals surface area (Å²) in [6.45, 7) is 12.0. The highest BCUT2D eigenvalue weighted by Crippen LogP contribution is 2.76. The number of carboxylic acid groups (broad SMARTS) is 1. The van der Waals surface area contributed by atoms with Crippen LogP contribution >= 0.6 is 0 Å². The fourth-order valence-corrected chi connectivity index (χ4v) is 17.6. The number of carbonyl (C=O) groups excluding carboxylic acids is 2. The third-order valence-electron chi connectivity index (χ3n) is 22.7. The van der Waals surface area contributed by atoms with Gasteiger partial charge in [0.05, 0.1) is 50.2 Å². The molecule has 0 amide bonds. The first-order valence-electron chi connectivity index (χ1n) is 30.7. The minimum atomic E-state index is -1.97. The minimum absolute atomic E-state index is 0.00766. The molecule has 10 aliphatic rings. The van der Waals surface area contributed by atoms with Crippen LogP contribution in [0.15, 0.2) is 11.6 Å². The molecule has 502 valence electrons. The summed E-state index contributed by atoms with van der Waals surface area (Å²) < 4.78 is 64.4. The van der Waals surface area contributed by atoms with Crippen LogP contribution in [0.25, 0.3) is 0 Å². The van der Waals surface area contributed by atoms with Gasteiger partial charge in [-0.25, -0.2) is 0 Å². The summed E-state index contributed by atoms with van der Waals surface area (Å²) in [5.41, 5.74) is -5.55. The molecule has 5 aliphatic carbocycles. The number of rotatable bonds is 13. The molecule has 10 rings (SSSR count). The zero-order valence-electron chi connectivity index (χ0n) is 50.7. The molecular weight excluding hydrogens is 1170 g/mol. The molecule has 0 radical (unpaired) electrons. The molecule has 0 aromatic rings. The third kappa shape index (κ3) is 11.2. The Labute approximate surface area is 508 Å². The van der Waals surface area contributed by atoms with Crippen LogP contribution in [-0.2, 0) is 66.5 Å². The van der Waals surface area contributed by atoms with Crippen LogP contribution in [0, 0.1) is 50.2 Å². The Morgan fingerprint density at radius 1 is 0.568 bits per heavy atom. The predicted molar refractivity (Wildman–Crippen MR) is 290 cm³/mol. The van der Waals surface area contributed by atoms with Gasteiger partial charge in [0.25, 0.3) is 0 Å². The van der Waals surface area contributed by atoms with Crippen molar-refractivity contribution in [1.29, 1.82) is 0 Å². The molecule has 0 aromatic carbocycles. The minimum Gasteiger partial charge on any atom is -0.481 e. The van der Waals surface area contributed by atoms with Gasteiger partial charge in [-0.3, -0.25) is 14.4 Å². The Bertz CT molecular complexity index is 2560. The van der Waals surface area contributed by atoms with Crippen molar-refractivity contribution in [2.24, 2.45) is 50.2 Å². The molecule has 29 nitrogen and oxygen atoms in total. The fourth-order valence-electron chi connectivity index (χ4n) is 17.6. The van der Waals surface area contributed by atoms with Gasteiger partial charge in [0, 0.05) is 6.92 Å². The SMILES string of the molecule is CC(=O)O[C@@H]1[C@@H](O[C@@H]2OC[C@H](O)[C@H](O)[C@H]2O)[C@@H](O)[C@H](O[C@H]2[C@H](OC(=O)[C@]34CCC(C)(C)C[C@H]3C3=CC[C@@H]5[C@@]6(C)C[C@H](O)[C@H](O[C@@H]7O[C@H](CO)[C@@H](O[C@@H]8OC[C@@H](O)[C@H](O)[C@H]8O)[C@H](O)[C@H]7O)[C@@](C)(C(=O)O)[C@@H]6CC[C@@]5(C)[C@]3(C)C[C@H]4O)OC[C@H](O)[C@@H]2O)O[C@H]1C. The van der Waals surface area contributed by atoms with Gasteiger partial charge < -0.3 is 129 Å². The maximum absolute atomic E-state index is 15.5.